The number of anilines is 1. The maximum atomic E-state index is 14.8. The molecule has 8 heteroatoms. The molecule has 2 fully saturated rings. The molecular formula is C18H20FN3O4. The summed E-state index contributed by atoms with van der Waals surface area (Å²) >= 11 is 0. The van der Waals surface area contributed by atoms with E-state index in [1.54, 1.807) is 6.07 Å². The Bertz CT molecular complexity index is 938. The van der Waals surface area contributed by atoms with E-state index in [1.807, 2.05) is 4.90 Å². The van der Waals surface area contributed by atoms with E-state index in [9.17, 15) is 19.1 Å². The zero-order valence-electron chi connectivity index (χ0n) is 14.2. The van der Waals surface area contributed by atoms with Crippen molar-refractivity contribution in [2.45, 2.75) is 24.9 Å². The molecule has 1 saturated carbocycles. The van der Waals surface area contributed by atoms with Crippen LogP contribution >= 0.6 is 0 Å². The summed E-state index contributed by atoms with van der Waals surface area (Å²) in [6.07, 6.45) is 2.80. The third-order valence-corrected chi connectivity index (χ3v) is 5.05. The number of nitrogens with zero attached hydrogens (tertiary/aromatic N) is 2. The predicted molar refractivity (Wildman–Crippen MR) is 93.6 cm³/mol. The monoisotopic (exact) mass is 361 g/mol. The number of aromatic nitrogens is 1. The SMILES string of the molecule is NCC1CN(c2cc3c(C4CC4)cc(C(=O)O)c(=O)n3cc2F)CCO1. The fraction of sp³-hybridized carbons (Fsp3) is 0.444. The van der Waals surface area contributed by atoms with Crippen LogP contribution in [-0.2, 0) is 4.74 Å². The number of rotatable bonds is 4. The second-order valence-corrected chi connectivity index (χ2v) is 6.83. The number of halogens is 1. The van der Waals surface area contributed by atoms with Crippen LogP contribution in [0.25, 0.3) is 5.52 Å². The van der Waals surface area contributed by atoms with Gasteiger partial charge in [0.25, 0.3) is 5.56 Å². The fourth-order valence-corrected chi connectivity index (χ4v) is 3.53. The molecule has 1 aliphatic carbocycles. The molecular weight excluding hydrogens is 341 g/mol. The molecule has 0 aromatic carbocycles. The van der Waals surface area contributed by atoms with Gasteiger partial charge in [-0.3, -0.25) is 9.20 Å². The predicted octanol–water partition coefficient (Wildman–Crippen LogP) is 1.18. The van der Waals surface area contributed by atoms with Crippen LogP contribution in [0.2, 0.25) is 0 Å². The van der Waals surface area contributed by atoms with Crippen molar-refractivity contribution >= 4 is 17.2 Å². The fourth-order valence-electron chi connectivity index (χ4n) is 3.53. The molecule has 3 N–H and O–H groups in total. The van der Waals surface area contributed by atoms with Crippen LogP contribution in [0.15, 0.2) is 23.1 Å². The van der Waals surface area contributed by atoms with Gasteiger partial charge in [0.2, 0.25) is 0 Å². The van der Waals surface area contributed by atoms with E-state index in [4.69, 9.17) is 10.5 Å². The van der Waals surface area contributed by atoms with Crippen molar-refractivity contribution < 1.29 is 19.0 Å². The number of carboxylic acid groups (broad SMARTS) is 1. The molecule has 0 radical (unpaired) electrons. The molecule has 1 unspecified atom stereocenters. The number of fused-ring (bicyclic) bond motifs is 1. The van der Waals surface area contributed by atoms with Gasteiger partial charge in [0, 0.05) is 19.6 Å². The second kappa shape index (κ2) is 6.37. The normalized spacial score (nSPS) is 20.5. The minimum atomic E-state index is -1.30. The number of pyridine rings is 2. The number of aromatic carboxylic acids is 1. The minimum absolute atomic E-state index is 0.168. The maximum absolute atomic E-state index is 14.8. The average Bonchev–Trinajstić information content (AvgIpc) is 3.47. The van der Waals surface area contributed by atoms with Crippen LogP contribution in [-0.4, -0.2) is 47.8 Å². The highest BCUT2D eigenvalue weighted by Crippen LogP contribution is 2.42. The Hall–Kier alpha value is -2.45. The summed E-state index contributed by atoms with van der Waals surface area (Å²) in [5, 5.41) is 9.29. The van der Waals surface area contributed by atoms with Gasteiger partial charge in [-0.1, -0.05) is 0 Å². The van der Waals surface area contributed by atoms with E-state index >= 15 is 0 Å². The van der Waals surface area contributed by atoms with Gasteiger partial charge in [-0.25, -0.2) is 9.18 Å². The summed E-state index contributed by atoms with van der Waals surface area (Å²) in [5.74, 6) is -1.65. The molecule has 0 amide bonds. The summed E-state index contributed by atoms with van der Waals surface area (Å²) in [5.41, 5.74) is 6.35. The first-order valence-corrected chi connectivity index (χ1v) is 8.68. The minimum Gasteiger partial charge on any atom is -0.477 e. The van der Waals surface area contributed by atoms with Crippen molar-refractivity contribution in [1.82, 2.24) is 4.40 Å². The van der Waals surface area contributed by atoms with Crippen molar-refractivity contribution in [3.8, 4) is 0 Å². The lowest BCUT2D eigenvalue weighted by molar-refractivity contribution is 0.0463. The van der Waals surface area contributed by atoms with Crippen molar-refractivity contribution in [3.63, 3.8) is 0 Å². The molecule has 2 aliphatic rings. The van der Waals surface area contributed by atoms with E-state index in [0.29, 0.717) is 37.4 Å². The van der Waals surface area contributed by atoms with Crippen molar-refractivity contribution in [3.05, 3.63) is 45.6 Å². The van der Waals surface area contributed by atoms with Crippen LogP contribution in [0.3, 0.4) is 0 Å². The summed E-state index contributed by atoms with van der Waals surface area (Å²) < 4.78 is 21.4. The van der Waals surface area contributed by atoms with Gasteiger partial charge in [0.15, 0.2) is 5.82 Å². The molecule has 2 aromatic heterocycles. The van der Waals surface area contributed by atoms with Gasteiger partial charge in [-0.2, -0.15) is 0 Å². The van der Waals surface area contributed by atoms with Crippen LogP contribution in [0, 0.1) is 5.82 Å². The lowest BCUT2D eigenvalue weighted by Crippen LogP contribution is -2.46. The zero-order chi connectivity index (χ0) is 18.4. The molecule has 1 saturated heterocycles. The lowest BCUT2D eigenvalue weighted by Gasteiger charge is -2.34. The number of hydrogen-bond donors (Lipinski definition) is 2. The molecule has 1 aliphatic heterocycles. The topological polar surface area (TPSA) is 97.3 Å². The zero-order valence-corrected chi connectivity index (χ0v) is 14.2. The van der Waals surface area contributed by atoms with Gasteiger partial charge in [-0.05, 0) is 36.5 Å². The smallest absolute Gasteiger partial charge is 0.341 e. The summed E-state index contributed by atoms with van der Waals surface area (Å²) in [4.78, 5) is 25.7. The quantitative estimate of drug-likeness (QED) is 0.849. The standard InChI is InChI=1S/C18H20FN3O4/c19-14-9-22-15(6-16(14)21-3-4-26-11(7-20)8-21)12(10-1-2-10)5-13(17(22)23)18(24)25/h5-6,9-11H,1-4,7-8,20H2,(H,24,25). The number of ether oxygens (including phenoxy) is 1. The van der Waals surface area contributed by atoms with Crippen LogP contribution < -0.4 is 16.2 Å². The molecule has 4 rings (SSSR count). The summed E-state index contributed by atoms with van der Waals surface area (Å²) in [6, 6.07) is 3.09. The largest absolute Gasteiger partial charge is 0.477 e. The number of morpholine rings is 1. The first-order chi connectivity index (χ1) is 12.5. The van der Waals surface area contributed by atoms with Crippen LogP contribution in [0.1, 0.15) is 34.7 Å². The lowest BCUT2D eigenvalue weighted by atomic mass is 10.1. The molecule has 26 heavy (non-hydrogen) atoms. The Kier molecular flexibility index (Phi) is 4.16. The first kappa shape index (κ1) is 17.0. The number of carboxylic acids is 1. The molecule has 3 heterocycles. The van der Waals surface area contributed by atoms with Crippen molar-refractivity contribution in [2.24, 2.45) is 5.73 Å². The second-order valence-electron chi connectivity index (χ2n) is 6.83. The van der Waals surface area contributed by atoms with Gasteiger partial charge >= 0.3 is 5.97 Å². The summed E-state index contributed by atoms with van der Waals surface area (Å²) in [6.45, 7) is 1.80. The number of hydrogen-bond acceptors (Lipinski definition) is 5. The third kappa shape index (κ3) is 2.85. The molecule has 138 valence electrons. The average molecular weight is 361 g/mol. The van der Waals surface area contributed by atoms with Crippen molar-refractivity contribution in [2.75, 3.05) is 31.1 Å². The maximum Gasteiger partial charge on any atom is 0.341 e. The van der Waals surface area contributed by atoms with Gasteiger partial charge in [0.1, 0.15) is 5.56 Å². The molecule has 7 nitrogen and oxygen atoms in total. The highest BCUT2D eigenvalue weighted by Gasteiger charge is 2.30. The molecule has 1 atom stereocenters. The summed E-state index contributed by atoms with van der Waals surface area (Å²) in [7, 11) is 0. The Morgan fingerprint density at radius 2 is 2.15 bits per heavy atom. The third-order valence-electron chi connectivity index (χ3n) is 5.05. The Balaban J connectivity index is 1.88. The first-order valence-electron chi connectivity index (χ1n) is 8.68. The number of nitrogens with two attached hydrogens (primary N) is 1. The van der Waals surface area contributed by atoms with Gasteiger partial charge in [0.05, 0.1) is 30.1 Å². The van der Waals surface area contributed by atoms with E-state index in [2.05, 4.69) is 0 Å². The highest BCUT2D eigenvalue weighted by molar-refractivity contribution is 5.88. The molecule has 0 spiro atoms. The van der Waals surface area contributed by atoms with E-state index in [-0.39, 0.29) is 17.6 Å². The highest BCUT2D eigenvalue weighted by atomic mass is 19.1. The molecule has 0 bridgehead atoms. The van der Waals surface area contributed by atoms with Gasteiger partial charge in [-0.15, -0.1) is 0 Å². The van der Waals surface area contributed by atoms with E-state index < -0.39 is 17.3 Å². The molecule has 2 aromatic rings. The van der Waals surface area contributed by atoms with E-state index in [1.165, 1.54) is 6.07 Å². The van der Waals surface area contributed by atoms with Gasteiger partial charge < -0.3 is 20.5 Å². The van der Waals surface area contributed by atoms with Crippen molar-refractivity contribution in [1.29, 1.82) is 0 Å². The Morgan fingerprint density at radius 3 is 2.81 bits per heavy atom. The van der Waals surface area contributed by atoms with Crippen LogP contribution in [0.4, 0.5) is 10.1 Å². The Labute approximate surface area is 148 Å². The van der Waals surface area contributed by atoms with Crippen LogP contribution in [0.5, 0.6) is 0 Å². The number of carbonyl (C=O) groups is 1. The van der Waals surface area contributed by atoms with E-state index in [0.717, 1.165) is 29.0 Å². The Morgan fingerprint density at radius 1 is 1.38 bits per heavy atom.